The molecule has 4 rings (SSSR count). The summed E-state index contributed by atoms with van der Waals surface area (Å²) in [7, 11) is 3.49. The van der Waals surface area contributed by atoms with Crippen molar-refractivity contribution in [1.82, 2.24) is 14.7 Å². The van der Waals surface area contributed by atoms with E-state index in [-0.39, 0.29) is 30.5 Å². The molecule has 2 atom stereocenters. The van der Waals surface area contributed by atoms with E-state index in [4.69, 9.17) is 10.5 Å². The molecule has 27 heavy (non-hydrogen) atoms. The van der Waals surface area contributed by atoms with Crippen LogP contribution in [0, 0.1) is 5.92 Å². The molecule has 0 aliphatic carbocycles. The van der Waals surface area contributed by atoms with Gasteiger partial charge in [0.15, 0.2) is 6.61 Å². The zero-order valence-electron chi connectivity index (χ0n) is 15.8. The average Bonchev–Trinajstić information content (AvgIpc) is 2.97. The van der Waals surface area contributed by atoms with Gasteiger partial charge in [-0.05, 0) is 37.0 Å². The van der Waals surface area contributed by atoms with Crippen molar-refractivity contribution in [3.8, 4) is 5.75 Å². The van der Waals surface area contributed by atoms with Gasteiger partial charge >= 0.3 is 6.03 Å². The van der Waals surface area contributed by atoms with Crippen molar-refractivity contribution in [2.75, 3.05) is 40.3 Å². The van der Waals surface area contributed by atoms with E-state index in [0.717, 1.165) is 12.8 Å². The normalized spacial score (nSPS) is 21.6. The molecule has 3 heterocycles. The Kier molecular flexibility index (Phi) is 5.53. The summed E-state index contributed by atoms with van der Waals surface area (Å²) in [5, 5.41) is 0. The first kappa shape index (κ1) is 19.0. The number of nitrogens with zero attached hydrogens (tertiary/aromatic N) is 3. The van der Waals surface area contributed by atoms with Crippen LogP contribution in [-0.2, 0) is 4.79 Å². The van der Waals surface area contributed by atoms with Crippen LogP contribution in [0.1, 0.15) is 23.2 Å². The summed E-state index contributed by atoms with van der Waals surface area (Å²) in [6.45, 7) is 1.65. The minimum Gasteiger partial charge on any atom is -0.484 e. The lowest BCUT2D eigenvalue weighted by atomic mass is 9.94. The molecule has 146 valence electrons. The lowest BCUT2D eigenvalue weighted by molar-refractivity contribution is -0.119. The number of carbonyl (C=O) groups is 3. The standard InChI is InChI=1S/C19H26N4O4/c1-21(2)19(26)22-9-13-6-7-15(11-22)23(10-13)18(25)14-4-3-5-16(8-14)27-12-17(20)24/h3-5,8,13,15H,6-7,9-12H2,1-2H3,(H2,20,24)/t13-,15+/m0/s1. The fraction of sp³-hybridized carbons (Fsp3) is 0.526. The van der Waals surface area contributed by atoms with E-state index in [1.54, 1.807) is 43.3 Å². The van der Waals surface area contributed by atoms with E-state index >= 15 is 0 Å². The van der Waals surface area contributed by atoms with Crippen LogP contribution in [0.2, 0.25) is 0 Å². The maximum absolute atomic E-state index is 13.1. The molecule has 2 N–H and O–H groups in total. The number of carbonyl (C=O) groups excluding carboxylic acids is 3. The summed E-state index contributed by atoms with van der Waals surface area (Å²) >= 11 is 0. The highest BCUT2D eigenvalue weighted by molar-refractivity contribution is 5.95. The molecular formula is C19H26N4O4. The zero-order valence-corrected chi connectivity index (χ0v) is 15.8. The molecule has 3 aliphatic rings. The van der Waals surface area contributed by atoms with E-state index in [1.807, 2.05) is 9.80 Å². The fourth-order valence-electron chi connectivity index (χ4n) is 3.81. The Morgan fingerprint density at radius 3 is 2.67 bits per heavy atom. The summed E-state index contributed by atoms with van der Waals surface area (Å²) in [6.07, 6.45) is 1.92. The second kappa shape index (κ2) is 7.85. The first-order chi connectivity index (χ1) is 12.8. The quantitative estimate of drug-likeness (QED) is 0.842. The molecule has 0 spiro atoms. The van der Waals surface area contributed by atoms with Gasteiger partial charge in [0.05, 0.1) is 0 Å². The first-order valence-corrected chi connectivity index (χ1v) is 9.13. The number of ether oxygens (including phenoxy) is 1. The van der Waals surface area contributed by atoms with Crippen LogP contribution in [0.4, 0.5) is 4.79 Å². The molecule has 1 aromatic rings. The third-order valence-electron chi connectivity index (χ3n) is 5.09. The van der Waals surface area contributed by atoms with Crippen molar-refractivity contribution in [1.29, 1.82) is 0 Å². The second-order valence-electron chi connectivity index (χ2n) is 7.42. The van der Waals surface area contributed by atoms with Crippen LogP contribution in [0.15, 0.2) is 24.3 Å². The molecule has 3 aliphatic heterocycles. The Morgan fingerprint density at radius 2 is 1.96 bits per heavy atom. The van der Waals surface area contributed by atoms with Gasteiger partial charge in [0.25, 0.3) is 11.8 Å². The Bertz CT molecular complexity index is 736. The highest BCUT2D eigenvalue weighted by atomic mass is 16.5. The van der Waals surface area contributed by atoms with E-state index in [9.17, 15) is 14.4 Å². The van der Waals surface area contributed by atoms with Gasteiger partial charge in [-0.3, -0.25) is 9.59 Å². The van der Waals surface area contributed by atoms with Crippen LogP contribution < -0.4 is 10.5 Å². The Hall–Kier alpha value is -2.77. The fourth-order valence-corrected chi connectivity index (χ4v) is 3.81. The van der Waals surface area contributed by atoms with E-state index in [0.29, 0.717) is 30.9 Å². The lowest BCUT2D eigenvalue weighted by Crippen LogP contribution is -2.48. The van der Waals surface area contributed by atoms with Crippen molar-refractivity contribution >= 4 is 17.8 Å². The van der Waals surface area contributed by atoms with Crippen LogP contribution in [0.3, 0.4) is 0 Å². The number of rotatable bonds is 4. The largest absolute Gasteiger partial charge is 0.484 e. The number of piperidine rings is 1. The monoisotopic (exact) mass is 374 g/mol. The van der Waals surface area contributed by atoms with E-state index < -0.39 is 5.91 Å². The molecule has 4 amide bonds. The van der Waals surface area contributed by atoms with Crippen molar-refractivity contribution < 1.29 is 19.1 Å². The number of amides is 4. The Morgan fingerprint density at radius 1 is 1.19 bits per heavy atom. The molecule has 1 aromatic carbocycles. The van der Waals surface area contributed by atoms with Gasteiger partial charge < -0.3 is 25.2 Å². The molecular weight excluding hydrogens is 348 g/mol. The molecule has 0 radical (unpaired) electrons. The number of fused-ring (bicyclic) bond motifs is 4. The van der Waals surface area contributed by atoms with Crippen LogP contribution >= 0.6 is 0 Å². The van der Waals surface area contributed by atoms with Crippen LogP contribution in [-0.4, -0.2) is 78.9 Å². The van der Waals surface area contributed by atoms with Crippen molar-refractivity contribution in [2.45, 2.75) is 18.9 Å². The van der Waals surface area contributed by atoms with Crippen molar-refractivity contribution in [2.24, 2.45) is 11.7 Å². The Balaban J connectivity index is 1.75. The summed E-state index contributed by atoms with van der Waals surface area (Å²) in [6, 6.07) is 6.78. The molecule has 3 saturated heterocycles. The minimum absolute atomic E-state index is 0.00958. The van der Waals surface area contributed by atoms with Gasteiger partial charge in [0.2, 0.25) is 0 Å². The summed E-state index contributed by atoms with van der Waals surface area (Å²) in [5.74, 6) is 0.0746. The predicted octanol–water partition coefficient (Wildman–Crippen LogP) is 0.769. The van der Waals surface area contributed by atoms with E-state index in [2.05, 4.69) is 0 Å². The summed E-state index contributed by atoms with van der Waals surface area (Å²) < 4.78 is 5.30. The SMILES string of the molecule is CN(C)C(=O)N1C[C@@H]2CC[C@H](C1)N(C(=O)c1cccc(OCC(N)=O)c1)C2. The molecule has 0 saturated carbocycles. The molecule has 8 nitrogen and oxygen atoms in total. The molecule has 8 heteroatoms. The van der Waals surface area contributed by atoms with Gasteiger partial charge in [0, 0.05) is 45.3 Å². The second-order valence-corrected chi connectivity index (χ2v) is 7.42. The first-order valence-electron chi connectivity index (χ1n) is 9.13. The van der Waals surface area contributed by atoms with Crippen LogP contribution in [0.25, 0.3) is 0 Å². The summed E-state index contributed by atoms with van der Waals surface area (Å²) in [5.41, 5.74) is 5.61. The average molecular weight is 374 g/mol. The van der Waals surface area contributed by atoms with E-state index in [1.165, 1.54) is 0 Å². The predicted molar refractivity (Wildman–Crippen MR) is 99.3 cm³/mol. The van der Waals surface area contributed by atoms with Crippen molar-refractivity contribution in [3.63, 3.8) is 0 Å². The molecule has 2 bridgehead atoms. The lowest BCUT2D eigenvalue weighted by Gasteiger charge is -2.36. The number of primary amides is 1. The third kappa shape index (κ3) is 4.32. The van der Waals surface area contributed by atoms with Gasteiger partial charge in [-0.15, -0.1) is 0 Å². The maximum atomic E-state index is 13.1. The number of urea groups is 1. The smallest absolute Gasteiger partial charge is 0.319 e. The van der Waals surface area contributed by atoms with Gasteiger partial charge in [-0.25, -0.2) is 4.79 Å². The zero-order chi connectivity index (χ0) is 19.6. The van der Waals surface area contributed by atoms with Crippen molar-refractivity contribution in [3.05, 3.63) is 29.8 Å². The maximum Gasteiger partial charge on any atom is 0.319 e. The van der Waals surface area contributed by atoms with Gasteiger partial charge in [-0.1, -0.05) is 6.07 Å². The summed E-state index contributed by atoms with van der Waals surface area (Å²) in [4.78, 5) is 41.7. The topological polar surface area (TPSA) is 96.2 Å². The van der Waals surface area contributed by atoms with Gasteiger partial charge in [0.1, 0.15) is 5.75 Å². The third-order valence-corrected chi connectivity index (χ3v) is 5.09. The number of hydrogen-bond acceptors (Lipinski definition) is 4. The Labute approximate surface area is 158 Å². The molecule has 0 aromatic heterocycles. The van der Waals surface area contributed by atoms with Gasteiger partial charge in [-0.2, -0.15) is 0 Å². The minimum atomic E-state index is -0.567. The number of benzene rings is 1. The molecule has 3 fully saturated rings. The highest BCUT2D eigenvalue weighted by Crippen LogP contribution is 2.30. The number of nitrogens with two attached hydrogens (primary N) is 1. The molecule has 0 unspecified atom stereocenters. The van der Waals surface area contributed by atoms with Crippen LogP contribution in [0.5, 0.6) is 5.75 Å². The number of hydrogen-bond donors (Lipinski definition) is 1. The highest BCUT2D eigenvalue weighted by Gasteiger charge is 2.39.